The molecule has 108 valence electrons. The first-order chi connectivity index (χ1) is 9.50. The Kier molecular flexibility index (Phi) is 2.56. The molecule has 0 spiro atoms. The lowest BCUT2D eigenvalue weighted by Crippen LogP contribution is -2.40. The number of benzene rings is 1. The maximum atomic E-state index is 3.90. The van der Waals surface area contributed by atoms with E-state index in [9.17, 15) is 0 Å². The van der Waals surface area contributed by atoms with Gasteiger partial charge in [-0.3, -0.25) is 0 Å². The van der Waals surface area contributed by atoms with Crippen molar-refractivity contribution >= 4 is 5.69 Å². The van der Waals surface area contributed by atoms with Crippen molar-refractivity contribution in [2.45, 2.75) is 65.3 Å². The van der Waals surface area contributed by atoms with Gasteiger partial charge in [-0.05, 0) is 78.5 Å². The van der Waals surface area contributed by atoms with Crippen LogP contribution < -0.4 is 5.32 Å². The summed E-state index contributed by atoms with van der Waals surface area (Å²) >= 11 is 0. The minimum Gasteiger partial charge on any atom is -0.382 e. The molecule has 20 heavy (non-hydrogen) atoms. The molecule has 0 aromatic heterocycles. The van der Waals surface area contributed by atoms with Crippen LogP contribution in [0.5, 0.6) is 0 Å². The first-order valence-corrected chi connectivity index (χ1v) is 8.39. The van der Waals surface area contributed by atoms with E-state index in [0.29, 0.717) is 16.9 Å². The maximum Gasteiger partial charge on any atom is 0.0345 e. The fourth-order valence-electron chi connectivity index (χ4n) is 5.28. The maximum absolute atomic E-state index is 3.90. The van der Waals surface area contributed by atoms with Crippen molar-refractivity contribution in [2.75, 3.05) is 5.32 Å². The van der Waals surface area contributed by atoms with Crippen molar-refractivity contribution in [2.24, 2.45) is 16.7 Å². The van der Waals surface area contributed by atoms with Crippen LogP contribution in [0.25, 0.3) is 0 Å². The highest BCUT2D eigenvalue weighted by Crippen LogP contribution is 2.65. The van der Waals surface area contributed by atoms with Crippen LogP contribution in [0.15, 0.2) is 18.2 Å². The Hall–Kier alpha value is -0.980. The van der Waals surface area contributed by atoms with E-state index in [0.717, 1.165) is 5.92 Å². The highest BCUT2D eigenvalue weighted by atomic mass is 15.0. The Bertz CT molecular complexity index is 545. The van der Waals surface area contributed by atoms with Gasteiger partial charge in [0.05, 0.1) is 0 Å². The molecule has 1 N–H and O–H groups in total. The van der Waals surface area contributed by atoms with E-state index < -0.39 is 0 Å². The normalized spacial score (nSPS) is 37.1. The third kappa shape index (κ3) is 1.55. The standard InChI is InChI=1S/C19H27N/c1-18(2)15-9-10-19(18,3)17(12-15)20-16-8-7-13-5-4-6-14(13)11-16/h7-8,11,15,17,20H,4-6,9-10,12H2,1-3H3. The zero-order valence-electron chi connectivity index (χ0n) is 13.1. The molecule has 2 bridgehead atoms. The van der Waals surface area contributed by atoms with Crippen LogP contribution in [-0.4, -0.2) is 6.04 Å². The molecule has 4 rings (SSSR count). The smallest absolute Gasteiger partial charge is 0.0345 e. The number of nitrogens with one attached hydrogen (secondary N) is 1. The van der Waals surface area contributed by atoms with Crippen LogP contribution in [0.4, 0.5) is 5.69 Å². The summed E-state index contributed by atoms with van der Waals surface area (Å²) in [5.74, 6) is 0.916. The highest BCUT2D eigenvalue weighted by molar-refractivity contribution is 5.51. The number of hydrogen-bond donors (Lipinski definition) is 1. The van der Waals surface area contributed by atoms with E-state index in [1.54, 1.807) is 11.1 Å². The molecule has 1 heteroatoms. The SMILES string of the molecule is CC1(C)C2CCC1(C)C(Nc1ccc3c(c1)CCC3)C2. The van der Waals surface area contributed by atoms with E-state index in [1.807, 2.05) is 0 Å². The quantitative estimate of drug-likeness (QED) is 0.813. The third-order valence-corrected chi connectivity index (χ3v) is 7.23. The molecule has 0 amide bonds. The molecule has 0 heterocycles. The molecule has 3 aliphatic carbocycles. The minimum absolute atomic E-state index is 0.469. The van der Waals surface area contributed by atoms with Gasteiger partial charge in [0, 0.05) is 11.7 Å². The first kappa shape index (κ1) is 12.7. The molecule has 0 saturated heterocycles. The van der Waals surface area contributed by atoms with Gasteiger partial charge in [-0.2, -0.15) is 0 Å². The Morgan fingerprint density at radius 3 is 2.60 bits per heavy atom. The predicted octanol–water partition coefficient (Wildman–Crippen LogP) is 4.80. The largest absolute Gasteiger partial charge is 0.382 e. The fraction of sp³-hybridized carbons (Fsp3) is 0.684. The Labute approximate surface area is 123 Å². The lowest BCUT2D eigenvalue weighted by atomic mass is 9.69. The molecular formula is C19H27N. The minimum atomic E-state index is 0.469. The number of fused-ring (bicyclic) bond motifs is 3. The van der Waals surface area contributed by atoms with Crippen LogP contribution >= 0.6 is 0 Å². The third-order valence-electron chi connectivity index (χ3n) is 7.23. The number of aryl methyl sites for hydroxylation is 2. The topological polar surface area (TPSA) is 12.0 Å². The average Bonchev–Trinajstić information content (AvgIpc) is 3.00. The van der Waals surface area contributed by atoms with Crippen molar-refractivity contribution in [3.8, 4) is 0 Å². The highest BCUT2D eigenvalue weighted by Gasteiger charge is 2.61. The van der Waals surface area contributed by atoms with E-state index in [4.69, 9.17) is 0 Å². The van der Waals surface area contributed by atoms with Crippen LogP contribution in [0, 0.1) is 16.7 Å². The average molecular weight is 269 g/mol. The van der Waals surface area contributed by atoms with E-state index in [1.165, 1.54) is 44.2 Å². The predicted molar refractivity (Wildman–Crippen MR) is 85.1 cm³/mol. The fourth-order valence-corrected chi connectivity index (χ4v) is 5.28. The number of hydrogen-bond acceptors (Lipinski definition) is 1. The van der Waals surface area contributed by atoms with Gasteiger partial charge in [0.15, 0.2) is 0 Å². The van der Waals surface area contributed by atoms with Gasteiger partial charge in [0.2, 0.25) is 0 Å². The summed E-state index contributed by atoms with van der Waals surface area (Å²) in [6.45, 7) is 7.51. The molecule has 3 atom stereocenters. The van der Waals surface area contributed by atoms with Gasteiger partial charge in [-0.1, -0.05) is 26.8 Å². The monoisotopic (exact) mass is 269 g/mol. The molecule has 2 fully saturated rings. The van der Waals surface area contributed by atoms with Crippen molar-refractivity contribution in [3.63, 3.8) is 0 Å². The Morgan fingerprint density at radius 1 is 1.10 bits per heavy atom. The van der Waals surface area contributed by atoms with Crippen molar-refractivity contribution in [1.29, 1.82) is 0 Å². The zero-order chi connectivity index (χ0) is 14.0. The van der Waals surface area contributed by atoms with Gasteiger partial charge in [0.25, 0.3) is 0 Å². The van der Waals surface area contributed by atoms with Crippen LogP contribution in [-0.2, 0) is 12.8 Å². The van der Waals surface area contributed by atoms with Gasteiger partial charge in [0.1, 0.15) is 0 Å². The molecule has 3 aliphatic rings. The molecule has 3 unspecified atom stereocenters. The van der Waals surface area contributed by atoms with Crippen LogP contribution in [0.2, 0.25) is 0 Å². The van der Waals surface area contributed by atoms with Gasteiger partial charge in [-0.15, -0.1) is 0 Å². The second-order valence-electron chi connectivity index (χ2n) is 8.14. The van der Waals surface area contributed by atoms with Crippen molar-refractivity contribution in [3.05, 3.63) is 29.3 Å². The first-order valence-electron chi connectivity index (χ1n) is 8.39. The Balaban J connectivity index is 1.59. The van der Waals surface area contributed by atoms with E-state index in [2.05, 4.69) is 44.3 Å². The lowest BCUT2D eigenvalue weighted by Gasteiger charge is -2.40. The summed E-state index contributed by atoms with van der Waals surface area (Å²) in [4.78, 5) is 0. The second-order valence-corrected chi connectivity index (χ2v) is 8.14. The summed E-state index contributed by atoms with van der Waals surface area (Å²) in [5.41, 5.74) is 5.50. The molecule has 0 aliphatic heterocycles. The molecule has 1 aromatic rings. The summed E-state index contributed by atoms with van der Waals surface area (Å²) in [5, 5.41) is 3.90. The molecule has 2 saturated carbocycles. The van der Waals surface area contributed by atoms with Gasteiger partial charge >= 0.3 is 0 Å². The molecular weight excluding hydrogens is 242 g/mol. The summed E-state index contributed by atoms with van der Waals surface area (Å²) in [6.07, 6.45) is 8.10. The molecule has 0 radical (unpaired) electrons. The van der Waals surface area contributed by atoms with Crippen LogP contribution in [0.3, 0.4) is 0 Å². The lowest BCUT2D eigenvalue weighted by molar-refractivity contribution is 0.142. The van der Waals surface area contributed by atoms with E-state index in [-0.39, 0.29) is 0 Å². The Morgan fingerprint density at radius 2 is 1.90 bits per heavy atom. The summed E-state index contributed by atoms with van der Waals surface area (Å²) < 4.78 is 0. The van der Waals surface area contributed by atoms with E-state index >= 15 is 0 Å². The van der Waals surface area contributed by atoms with Gasteiger partial charge < -0.3 is 5.32 Å². The zero-order valence-corrected chi connectivity index (χ0v) is 13.1. The second kappa shape index (κ2) is 4.02. The van der Waals surface area contributed by atoms with Crippen LogP contribution in [0.1, 0.15) is 57.6 Å². The number of anilines is 1. The number of rotatable bonds is 2. The van der Waals surface area contributed by atoms with Gasteiger partial charge in [-0.25, -0.2) is 0 Å². The molecule has 1 nitrogen and oxygen atoms in total. The summed E-state index contributed by atoms with van der Waals surface area (Å²) in [7, 11) is 0. The summed E-state index contributed by atoms with van der Waals surface area (Å²) in [6, 6.07) is 7.75. The van der Waals surface area contributed by atoms with Crippen molar-refractivity contribution < 1.29 is 0 Å². The molecule has 1 aromatic carbocycles. The van der Waals surface area contributed by atoms with Crippen molar-refractivity contribution in [1.82, 2.24) is 0 Å².